The molecule has 1 aliphatic heterocycles. The molecule has 0 radical (unpaired) electrons. The van der Waals surface area contributed by atoms with Gasteiger partial charge in [0.05, 0.1) is 10.6 Å². The second-order valence-electron chi connectivity index (χ2n) is 5.52. The minimum Gasteiger partial charge on any atom is -0.367 e. The zero-order chi connectivity index (χ0) is 19.3. The molecule has 2 rings (SSSR count). The van der Waals surface area contributed by atoms with E-state index in [4.69, 9.17) is 11.6 Å². The lowest BCUT2D eigenvalue weighted by atomic mass is 10.3. The zero-order valence-electron chi connectivity index (χ0n) is 13.5. The van der Waals surface area contributed by atoms with Gasteiger partial charge >= 0.3 is 6.18 Å². The first kappa shape index (κ1) is 20.0. The van der Waals surface area contributed by atoms with Gasteiger partial charge in [0.1, 0.15) is 5.82 Å². The molecule has 0 aromatic carbocycles. The van der Waals surface area contributed by atoms with Crippen LogP contribution in [0.3, 0.4) is 0 Å². The molecule has 0 unspecified atom stereocenters. The minimum absolute atomic E-state index is 0.0171. The van der Waals surface area contributed by atoms with Crippen LogP contribution < -0.4 is 10.6 Å². The number of rotatable bonds is 7. The number of anilines is 1. The summed E-state index contributed by atoms with van der Waals surface area (Å²) in [7, 11) is 0. The number of hydrogen-bond acceptors (Lipinski definition) is 5. The average molecular weight is 393 g/mol. The Kier molecular flexibility index (Phi) is 6.41. The number of alkyl halides is 3. The van der Waals surface area contributed by atoms with Crippen molar-refractivity contribution >= 4 is 35.1 Å². The van der Waals surface area contributed by atoms with Crippen LogP contribution in [0.25, 0.3) is 0 Å². The molecule has 1 aromatic rings. The maximum Gasteiger partial charge on any atom is 0.417 e. The molecule has 11 heteroatoms. The van der Waals surface area contributed by atoms with Crippen molar-refractivity contribution < 1.29 is 27.6 Å². The molecule has 2 N–H and O–H groups in total. The fraction of sp³-hybridized carbons (Fsp3) is 0.467. The maximum absolute atomic E-state index is 12.5. The Morgan fingerprint density at radius 2 is 1.88 bits per heavy atom. The SMILES string of the molecule is O=C(CCN1C(=O)CCC1=O)NCCNc1ncc(C(F)(F)F)cc1Cl. The third-order valence-electron chi connectivity index (χ3n) is 3.63. The molecule has 0 saturated carbocycles. The summed E-state index contributed by atoms with van der Waals surface area (Å²) in [5.41, 5.74) is -0.952. The second-order valence-corrected chi connectivity index (χ2v) is 5.93. The number of pyridine rings is 1. The molecular weight excluding hydrogens is 377 g/mol. The number of nitrogens with one attached hydrogen (secondary N) is 2. The topological polar surface area (TPSA) is 91.4 Å². The van der Waals surface area contributed by atoms with E-state index in [1.165, 1.54) is 0 Å². The molecule has 1 fully saturated rings. The van der Waals surface area contributed by atoms with Crippen molar-refractivity contribution in [1.82, 2.24) is 15.2 Å². The summed E-state index contributed by atoms with van der Waals surface area (Å²) in [6.45, 7) is 0.383. The molecule has 0 atom stereocenters. The van der Waals surface area contributed by atoms with Crippen LogP contribution in [-0.4, -0.2) is 47.2 Å². The lowest BCUT2D eigenvalue weighted by molar-refractivity contribution is -0.139. The first-order valence-electron chi connectivity index (χ1n) is 7.75. The molecule has 26 heavy (non-hydrogen) atoms. The minimum atomic E-state index is -4.53. The van der Waals surface area contributed by atoms with Gasteiger partial charge < -0.3 is 10.6 Å². The maximum atomic E-state index is 12.5. The third kappa shape index (κ3) is 5.32. The smallest absolute Gasteiger partial charge is 0.367 e. The quantitative estimate of drug-likeness (QED) is 0.545. The van der Waals surface area contributed by atoms with E-state index in [0.29, 0.717) is 6.20 Å². The van der Waals surface area contributed by atoms with Crippen molar-refractivity contribution in [1.29, 1.82) is 0 Å². The van der Waals surface area contributed by atoms with Crippen molar-refractivity contribution in [2.24, 2.45) is 0 Å². The Labute approximate surface area is 151 Å². The Morgan fingerprint density at radius 3 is 2.46 bits per heavy atom. The van der Waals surface area contributed by atoms with Gasteiger partial charge in [0.25, 0.3) is 0 Å². The summed E-state index contributed by atoms with van der Waals surface area (Å²) in [4.78, 5) is 39.2. The molecule has 2 heterocycles. The van der Waals surface area contributed by atoms with Crippen molar-refractivity contribution in [3.8, 4) is 0 Å². The number of amides is 3. The van der Waals surface area contributed by atoms with Crippen molar-refractivity contribution in [2.75, 3.05) is 25.0 Å². The van der Waals surface area contributed by atoms with E-state index < -0.39 is 11.7 Å². The highest BCUT2D eigenvalue weighted by atomic mass is 35.5. The predicted octanol–water partition coefficient (Wildman–Crippen LogP) is 1.82. The monoisotopic (exact) mass is 392 g/mol. The Morgan fingerprint density at radius 1 is 1.23 bits per heavy atom. The van der Waals surface area contributed by atoms with Gasteiger partial charge in [0.15, 0.2) is 0 Å². The van der Waals surface area contributed by atoms with Gasteiger partial charge in [-0.15, -0.1) is 0 Å². The van der Waals surface area contributed by atoms with E-state index >= 15 is 0 Å². The molecule has 0 aliphatic carbocycles. The Bertz CT molecular complexity index is 696. The fourth-order valence-electron chi connectivity index (χ4n) is 2.28. The number of nitrogens with zero attached hydrogens (tertiary/aromatic N) is 2. The summed E-state index contributed by atoms with van der Waals surface area (Å²) in [6.07, 6.45) is -3.54. The van der Waals surface area contributed by atoms with Gasteiger partial charge in [-0.1, -0.05) is 11.6 Å². The summed E-state index contributed by atoms with van der Waals surface area (Å²) < 4.78 is 37.5. The van der Waals surface area contributed by atoms with E-state index in [1.807, 2.05) is 0 Å². The Hall–Kier alpha value is -2.36. The first-order chi connectivity index (χ1) is 12.2. The lowest BCUT2D eigenvalue weighted by Gasteiger charge is -2.14. The molecule has 1 aliphatic rings. The Balaban J connectivity index is 1.71. The molecule has 7 nitrogen and oxygen atoms in total. The zero-order valence-corrected chi connectivity index (χ0v) is 14.3. The van der Waals surface area contributed by atoms with Gasteiger partial charge in [-0.3, -0.25) is 19.3 Å². The van der Waals surface area contributed by atoms with Gasteiger partial charge in [-0.25, -0.2) is 4.98 Å². The van der Waals surface area contributed by atoms with Crippen molar-refractivity contribution in [2.45, 2.75) is 25.4 Å². The molecule has 142 valence electrons. The number of imide groups is 1. The average Bonchev–Trinajstić information content (AvgIpc) is 2.88. The number of aromatic nitrogens is 1. The van der Waals surface area contributed by atoms with Gasteiger partial charge in [0.2, 0.25) is 17.7 Å². The fourth-order valence-corrected chi connectivity index (χ4v) is 2.51. The normalized spacial score (nSPS) is 14.7. The largest absolute Gasteiger partial charge is 0.417 e. The molecule has 0 spiro atoms. The highest BCUT2D eigenvalue weighted by Crippen LogP contribution is 2.32. The van der Waals surface area contributed by atoms with Crippen molar-refractivity contribution in [3.05, 3.63) is 22.8 Å². The predicted molar refractivity (Wildman–Crippen MR) is 86.3 cm³/mol. The molecular formula is C15H16ClF3N4O3. The van der Waals surface area contributed by atoms with Crippen LogP contribution in [0.2, 0.25) is 5.02 Å². The first-order valence-corrected chi connectivity index (χ1v) is 8.13. The van der Waals surface area contributed by atoms with Gasteiger partial charge in [-0.05, 0) is 6.07 Å². The molecule has 1 saturated heterocycles. The summed E-state index contributed by atoms with van der Waals surface area (Å²) in [6, 6.07) is 0.763. The van der Waals surface area contributed by atoms with E-state index in [0.717, 1.165) is 11.0 Å². The summed E-state index contributed by atoms with van der Waals surface area (Å²) in [5, 5.41) is 5.09. The molecule has 0 bridgehead atoms. The van der Waals surface area contributed by atoms with Crippen LogP contribution in [0.5, 0.6) is 0 Å². The third-order valence-corrected chi connectivity index (χ3v) is 3.91. The number of hydrogen-bond donors (Lipinski definition) is 2. The van der Waals surface area contributed by atoms with Crippen LogP contribution in [0.4, 0.5) is 19.0 Å². The van der Waals surface area contributed by atoms with Crippen LogP contribution in [0.1, 0.15) is 24.8 Å². The van der Waals surface area contributed by atoms with E-state index in [1.54, 1.807) is 0 Å². The van der Waals surface area contributed by atoms with Crippen LogP contribution >= 0.6 is 11.6 Å². The molecule has 3 amide bonds. The standard InChI is InChI=1S/C15H16ClF3N4O3/c16-10-7-9(15(17,18)19)8-22-14(10)21-5-4-20-11(24)3-6-23-12(25)1-2-13(23)26/h7-8H,1-6H2,(H,20,24)(H,21,22). The number of carbonyl (C=O) groups excluding carboxylic acids is 3. The van der Waals surface area contributed by atoms with Gasteiger partial charge in [-0.2, -0.15) is 13.2 Å². The molecule has 1 aromatic heterocycles. The van der Waals surface area contributed by atoms with E-state index in [-0.39, 0.29) is 67.5 Å². The number of likely N-dealkylation sites (tertiary alicyclic amines) is 1. The summed E-state index contributed by atoms with van der Waals surface area (Å²) in [5.74, 6) is -0.854. The number of halogens is 4. The van der Waals surface area contributed by atoms with E-state index in [2.05, 4.69) is 15.6 Å². The van der Waals surface area contributed by atoms with Crippen molar-refractivity contribution in [3.63, 3.8) is 0 Å². The van der Waals surface area contributed by atoms with Crippen LogP contribution in [0, 0.1) is 0 Å². The lowest BCUT2D eigenvalue weighted by Crippen LogP contribution is -2.35. The number of carbonyl (C=O) groups is 3. The van der Waals surface area contributed by atoms with E-state index in [9.17, 15) is 27.6 Å². The second kappa shape index (κ2) is 8.35. The van der Waals surface area contributed by atoms with Crippen LogP contribution in [-0.2, 0) is 20.6 Å². The summed E-state index contributed by atoms with van der Waals surface area (Å²) >= 11 is 5.74. The van der Waals surface area contributed by atoms with Crippen LogP contribution in [0.15, 0.2) is 12.3 Å². The van der Waals surface area contributed by atoms with Gasteiger partial charge in [0, 0.05) is 45.1 Å². The highest BCUT2D eigenvalue weighted by Gasteiger charge is 2.31. The highest BCUT2D eigenvalue weighted by molar-refractivity contribution is 6.32.